The molecule has 0 aliphatic rings. The molecule has 0 atom stereocenters. The summed E-state index contributed by atoms with van der Waals surface area (Å²) in [5.41, 5.74) is 7.85. The first-order valence-corrected chi connectivity index (χ1v) is 7.17. The van der Waals surface area contributed by atoms with Crippen molar-refractivity contribution in [1.29, 1.82) is 0 Å². The quantitative estimate of drug-likeness (QED) is 0.707. The number of ether oxygens (including phenoxy) is 3. The molecule has 0 bridgehead atoms. The van der Waals surface area contributed by atoms with Gasteiger partial charge in [0.2, 0.25) is 0 Å². The average Bonchev–Trinajstić information content (AvgIpc) is 2.39. The topological polar surface area (TPSA) is 53.7 Å². The molecule has 0 saturated heterocycles. The first kappa shape index (κ1) is 16.4. The molecular formula is C14H22BrNO3. The van der Waals surface area contributed by atoms with Gasteiger partial charge in [-0.1, -0.05) is 15.9 Å². The molecule has 1 aromatic rings. The number of benzene rings is 1. The second kappa shape index (κ2) is 9.31. The van der Waals surface area contributed by atoms with Crippen LogP contribution in [-0.2, 0) is 16.0 Å². The lowest BCUT2D eigenvalue weighted by Gasteiger charge is -2.14. The molecule has 1 aromatic carbocycles. The molecule has 0 heterocycles. The van der Waals surface area contributed by atoms with Crippen LogP contribution in [0, 0.1) is 6.92 Å². The maximum Gasteiger partial charge on any atom is 0.126 e. The van der Waals surface area contributed by atoms with E-state index >= 15 is 0 Å². The van der Waals surface area contributed by atoms with Crippen molar-refractivity contribution in [3.8, 4) is 5.75 Å². The van der Waals surface area contributed by atoms with Crippen molar-refractivity contribution in [2.24, 2.45) is 5.73 Å². The van der Waals surface area contributed by atoms with Gasteiger partial charge in [0, 0.05) is 36.7 Å². The minimum absolute atomic E-state index is 0.472. The lowest BCUT2D eigenvalue weighted by molar-refractivity contribution is 0.0643. The highest BCUT2D eigenvalue weighted by molar-refractivity contribution is 9.10. The van der Waals surface area contributed by atoms with Crippen molar-refractivity contribution < 1.29 is 14.2 Å². The predicted molar refractivity (Wildman–Crippen MR) is 79.6 cm³/mol. The molecular weight excluding hydrogens is 310 g/mol. The monoisotopic (exact) mass is 331 g/mol. The van der Waals surface area contributed by atoms with Gasteiger partial charge in [0.1, 0.15) is 5.75 Å². The van der Waals surface area contributed by atoms with Crippen LogP contribution in [0.15, 0.2) is 16.6 Å². The van der Waals surface area contributed by atoms with Crippen LogP contribution in [0.3, 0.4) is 0 Å². The molecule has 0 fully saturated rings. The van der Waals surface area contributed by atoms with E-state index in [0.717, 1.165) is 27.8 Å². The lowest BCUT2D eigenvalue weighted by Crippen LogP contribution is -2.09. The standard InChI is InChI=1S/C14H22BrNO3/c1-11-8-13(15)9-12(10-16)14(11)19-5-3-4-18-7-6-17-2/h8-9H,3-7,10,16H2,1-2H3. The van der Waals surface area contributed by atoms with Gasteiger partial charge in [0.05, 0.1) is 19.8 Å². The third-order valence-corrected chi connectivity index (χ3v) is 3.11. The minimum atomic E-state index is 0.472. The summed E-state index contributed by atoms with van der Waals surface area (Å²) in [6, 6.07) is 4.03. The van der Waals surface area contributed by atoms with E-state index in [2.05, 4.69) is 15.9 Å². The molecule has 0 aromatic heterocycles. The Morgan fingerprint density at radius 3 is 2.63 bits per heavy atom. The first-order chi connectivity index (χ1) is 9.19. The molecule has 4 nitrogen and oxygen atoms in total. The molecule has 5 heteroatoms. The van der Waals surface area contributed by atoms with Gasteiger partial charge in [-0.05, 0) is 24.6 Å². The van der Waals surface area contributed by atoms with E-state index < -0.39 is 0 Å². The molecule has 0 unspecified atom stereocenters. The van der Waals surface area contributed by atoms with Gasteiger partial charge in [-0.25, -0.2) is 0 Å². The van der Waals surface area contributed by atoms with Crippen LogP contribution in [0.2, 0.25) is 0 Å². The Hall–Kier alpha value is -0.620. The number of rotatable bonds is 9. The van der Waals surface area contributed by atoms with E-state index in [4.69, 9.17) is 19.9 Å². The number of methoxy groups -OCH3 is 1. The van der Waals surface area contributed by atoms with Crippen LogP contribution in [0.4, 0.5) is 0 Å². The van der Waals surface area contributed by atoms with Crippen molar-refractivity contribution in [3.05, 3.63) is 27.7 Å². The van der Waals surface area contributed by atoms with E-state index in [1.165, 1.54) is 0 Å². The van der Waals surface area contributed by atoms with Crippen LogP contribution in [0.5, 0.6) is 5.75 Å². The summed E-state index contributed by atoms with van der Waals surface area (Å²) in [6.07, 6.45) is 0.850. The van der Waals surface area contributed by atoms with E-state index in [1.807, 2.05) is 19.1 Å². The van der Waals surface area contributed by atoms with Gasteiger partial charge in [-0.15, -0.1) is 0 Å². The summed E-state index contributed by atoms with van der Waals surface area (Å²) in [4.78, 5) is 0. The summed E-state index contributed by atoms with van der Waals surface area (Å²) in [6.45, 7) is 5.06. The molecule has 0 amide bonds. The van der Waals surface area contributed by atoms with Gasteiger partial charge in [-0.2, -0.15) is 0 Å². The Morgan fingerprint density at radius 2 is 1.95 bits per heavy atom. The fraction of sp³-hybridized carbons (Fsp3) is 0.571. The Balaban J connectivity index is 2.36. The zero-order valence-corrected chi connectivity index (χ0v) is 13.2. The number of hydrogen-bond acceptors (Lipinski definition) is 4. The zero-order chi connectivity index (χ0) is 14.1. The van der Waals surface area contributed by atoms with Crippen LogP contribution in [-0.4, -0.2) is 33.5 Å². The number of aryl methyl sites for hydroxylation is 1. The lowest BCUT2D eigenvalue weighted by atomic mass is 10.1. The van der Waals surface area contributed by atoms with E-state index in [-0.39, 0.29) is 0 Å². The van der Waals surface area contributed by atoms with Crippen LogP contribution >= 0.6 is 15.9 Å². The molecule has 0 spiro atoms. The fourth-order valence-electron chi connectivity index (χ4n) is 1.74. The largest absolute Gasteiger partial charge is 0.493 e. The molecule has 0 radical (unpaired) electrons. The normalized spacial score (nSPS) is 10.7. The van der Waals surface area contributed by atoms with Crippen LogP contribution in [0.25, 0.3) is 0 Å². The summed E-state index contributed by atoms with van der Waals surface area (Å²) >= 11 is 3.46. The highest BCUT2D eigenvalue weighted by atomic mass is 79.9. The van der Waals surface area contributed by atoms with Crippen molar-refractivity contribution >= 4 is 15.9 Å². The number of nitrogens with two attached hydrogens (primary N) is 1. The van der Waals surface area contributed by atoms with Crippen molar-refractivity contribution in [2.75, 3.05) is 33.5 Å². The highest BCUT2D eigenvalue weighted by Crippen LogP contribution is 2.27. The Bertz CT molecular complexity index is 385. The van der Waals surface area contributed by atoms with E-state index in [1.54, 1.807) is 7.11 Å². The zero-order valence-electron chi connectivity index (χ0n) is 11.6. The summed E-state index contributed by atoms with van der Waals surface area (Å²) < 4.78 is 17.1. The Labute approximate surface area is 123 Å². The molecule has 2 N–H and O–H groups in total. The molecule has 0 aliphatic heterocycles. The second-order valence-corrected chi connectivity index (χ2v) is 5.14. The minimum Gasteiger partial charge on any atom is -0.493 e. The Morgan fingerprint density at radius 1 is 1.16 bits per heavy atom. The molecule has 0 saturated carbocycles. The van der Waals surface area contributed by atoms with Crippen LogP contribution < -0.4 is 10.5 Å². The van der Waals surface area contributed by atoms with Gasteiger partial charge in [-0.3, -0.25) is 0 Å². The smallest absolute Gasteiger partial charge is 0.126 e. The SMILES string of the molecule is COCCOCCCOc1c(C)cc(Br)cc1CN. The molecule has 108 valence electrons. The van der Waals surface area contributed by atoms with Crippen molar-refractivity contribution in [1.82, 2.24) is 0 Å². The Kier molecular flexibility index (Phi) is 8.05. The molecule has 19 heavy (non-hydrogen) atoms. The van der Waals surface area contributed by atoms with E-state index in [9.17, 15) is 0 Å². The molecule has 1 rings (SSSR count). The summed E-state index contributed by atoms with van der Waals surface area (Å²) in [5, 5.41) is 0. The van der Waals surface area contributed by atoms with E-state index in [0.29, 0.717) is 33.0 Å². The third kappa shape index (κ3) is 5.91. The maximum atomic E-state index is 5.81. The van der Waals surface area contributed by atoms with Gasteiger partial charge >= 0.3 is 0 Å². The number of hydrogen-bond donors (Lipinski definition) is 1. The van der Waals surface area contributed by atoms with Crippen molar-refractivity contribution in [3.63, 3.8) is 0 Å². The van der Waals surface area contributed by atoms with Gasteiger partial charge in [0.15, 0.2) is 0 Å². The predicted octanol–water partition coefficient (Wildman–Crippen LogP) is 2.65. The fourth-order valence-corrected chi connectivity index (χ4v) is 2.36. The van der Waals surface area contributed by atoms with Crippen molar-refractivity contribution in [2.45, 2.75) is 19.9 Å². The average molecular weight is 332 g/mol. The second-order valence-electron chi connectivity index (χ2n) is 4.22. The van der Waals surface area contributed by atoms with Gasteiger partial charge < -0.3 is 19.9 Å². The first-order valence-electron chi connectivity index (χ1n) is 6.37. The van der Waals surface area contributed by atoms with Gasteiger partial charge in [0.25, 0.3) is 0 Å². The summed E-state index contributed by atoms with van der Waals surface area (Å²) in [7, 11) is 1.66. The third-order valence-electron chi connectivity index (χ3n) is 2.65. The number of halogens is 1. The van der Waals surface area contributed by atoms with Crippen LogP contribution in [0.1, 0.15) is 17.5 Å². The maximum absolute atomic E-state index is 5.81. The highest BCUT2D eigenvalue weighted by Gasteiger charge is 2.07. The molecule has 0 aliphatic carbocycles. The summed E-state index contributed by atoms with van der Waals surface area (Å²) in [5.74, 6) is 0.891.